The summed E-state index contributed by atoms with van der Waals surface area (Å²) < 4.78 is 13.0. The van der Waals surface area contributed by atoms with E-state index in [0.29, 0.717) is 28.3 Å². The average Bonchev–Trinajstić information content (AvgIpc) is 2.22. The van der Waals surface area contributed by atoms with Crippen molar-refractivity contribution in [2.24, 2.45) is 0 Å². The van der Waals surface area contributed by atoms with Crippen LogP contribution < -0.4 is 5.73 Å². The van der Waals surface area contributed by atoms with Gasteiger partial charge in [0, 0.05) is 21.9 Å². The molecule has 1 rings (SSSR count). The Morgan fingerprint density at radius 3 is 2.76 bits per heavy atom. The lowest BCUT2D eigenvalue weighted by Crippen LogP contribution is -1.99. The first kappa shape index (κ1) is 13.6. The van der Waals surface area contributed by atoms with E-state index in [-0.39, 0.29) is 5.82 Å². The average molecular weight is 255 g/mol. The molecule has 0 bridgehead atoms. The molecule has 17 heavy (non-hydrogen) atoms. The number of benzene rings is 1. The predicted octanol–water partition coefficient (Wildman–Crippen LogP) is 2.92. The summed E-state index contributed by atoms with van der Waals surface area (Å²) in [7, 11) is 0. The zero-order valence-electron chi connectivity index (χ0n) is 9.44. The van der Waals surface area contributed by atoms with E-state index in [9.17, 15) is 9.18 Å². The maximum atomic E-state index is 13.0. The van der Waals surface area contributed by atoms with Crippen LogP contribution in [0, 0.1) is 5.82 Å². The van der Waals surface area contributed by atoms with Gasteiger partial charge < -0.3 is 10.8 Å². The fourth-order valence-corrected chi connectivity index (χ4v) is 2.18. The smallest absolute Gasteiger partial charge is 0.331 e. The number of carboxylic acid groups (broad SMARTS) is 1. The van der Waals surface area contributed by atoms with Crippen LogP contribution in [0.25, 0.3) is 0 Å². The standard InChI is InChI=1S/C12H14FNO2S/c1-2-8(12(15)16)3-4-17-11-6-9(13)5-10(14)7-11/h3,5-7H,2,4,14H2,1H3,(H,15,16). The summed E-state index contributed by atoms with van der Waals surface area (Å²) in [5.41, 5.74) is 6.23. The Morgan fingerprint density at radius 2 is 2.24 bits per heavy atom. The van der Waals surface area contributed by atoms with Gasteiger partial charge in [-0.2, -0.15) is 0 Å². The zero-order valence-corrected chi connectivity index (χ0v) is 10.3. The first-order valence-electron chi connectivity index (χ1n) is 5.14. The van der Waals surface area contributed by atoms with Gasteiger partial charge in [0.25, 0.3) is 0 Å². The summed E-state index contributed by atoms with van der Waals surface area (Å²) in [4.78, 5) is 11.4. The SMILES string of the molecule is CCC(=CCSc1cc(N)cc(F)c1)C(=O)O. The molecule has 0 radical (unpaired) electrons. The monoisotopic (exact) mass is 255 g/mol. The van der Waals surface area contributed by atoms with Crippen molar-refractivity contribution in [3.63, 3.8) is 0 Å². The van der Waals surface area contributed by atoms with E-state index in [4.69, 9.17) is 10.8 Å². The number of anilines is 1. The molecular formula is C12H14FNO2S. The molecule has 92 valence electrons. The Hall–Kier alpha value is -1.49. The molecule has 0 aliphatic carbocycles. The first-order chi connectivity index (χ1) is 8.02. The minimum atomic E-state index is -0.910. The van der Waals surface area contributed by atoms with Crippen LogP contribution in [-0.4, -0.2) is 16.8 Å². The van der Waals surface area contributed by atoms with E-state index >= 15 is 0 Å². The van der Waals surface area contributed by atoms with E-state index in [1.165, 1.54) is 23.9 Å². The summed E-state index contributed by atoms with van der Waals surface area (Å²) in [6, 6.07) is 4.28. The molecule has 0 aliphatic heterocycles. The molecule has 0 unspecified atom stereocenters. The fourth-order valence-electron chi connectivity index (χ4n) is 1.29. The van der Waals surface area contributed by atoms with E-state index in [0.717, 1.165) is 0 Å². The van der Waals surface area contributed by atoms with Crippen molar-refractivity contribution >= 4 is 23.4 Å². The van der Waals surface area contributed by atoms with Crippen LogP contribution in [0.2, 0.25) is 0 Å². The van der Waals surface area contributed by atoms with Gasteiger partial charge >= 0.3 is 5.97 Å². The Morgan fingerprint density at radius 1 is 1.53 bits per heavy atom. The van der Waals surface area contributed by atoms with Crippen molar-refractivity contribution in [2.75, 3.05) is 11.5 Å². The van der Waals surface area contributed by atoms with Crippen LogP contribution >= 0.6 is 11.8 Å². The number of nitrogen functional groups attached to an aromatic ring is 1. The quantitative estimate of drug-likeness (QED) is 0.482. The second kappa shape index (κ2) is 6.30. The van der Waals surface area contributed by atoms with Gasteiger partial charge in [0.05, 0.1) is 0 Å². The maximum Gasteiger partial charge on any atom is 0.331 e. The highest BCUT2D eigenvalue weighted by molar-refractivity contribution is 7.99. The van der Waals surface area contributed by atoms with E-state index in [2.05, 4.69) is 0 Å². The van der Waals surface area contributed by atoms with Crippen molar-refractivity contribution < 1.29 is 14.3 Å². The number of aliphatic carboxylic acids is 1. The van der Waals surface area contributed by atoms with Crippen LogP contribution in [0.4, 0.5) is 10.1 Å². The zero-order chi connectivity index (χ0) is 12.8. The summed E-state index contributed by atoms with van der Waals surface area (Å²) in [6.07, 6.45) is 2.11. The molecule has 0 saturated heterocycles. The topological polar surface area (TPSA) is 63.3 Å². The van der Waals surface area contributed by atoms with E-state index in [1.807, 2.05) is 0 Å². The van der Waals surface area contributed by atoms with Crippen LogP contribution in [0.5, 0.6) is 0 Å². The highest BCUT2D eigenvalue weighted by Gasteiger charge is 2.04. The predicted molar refractivity (Wildman–Crippen MR) is 67.5 cm³/mol. The van der Waals surface area contributed by atoms with Gasteiger partial charge in [-0.15, -0.1) is 11.8 Å². The molecule has 0 amide bonds. The van der Waals surface area contributed by atoms with Crippen molar-refractivity contribution in [3.8, 4) is 0 Å². The Labute approximate surface area is 104 Å². The second-order valence-electron chi connectivity index (χ2n) is 3.42. The summed E-state index contributed by atoms with van der Waals surface area (Å²) in [5.74, 6) is -0.810. The van der Waals surface area contributed by atoms with Gasteiger partial charge in [-0.25, -0.2) is 9.18 Å². The minimum Gasteiger partial charge on any atom is -0.478 e. The number of hydrogen-bond acceptors (Lipinski definition) is 3. The lowest BCUT2D eigenvalue weighted by molar-refractivity contribution is -0.132. The molecule has 0 spiro atoms. The number of halogens is 1. The van der Waals surface area contributed by atoms with Crippen LogP contribution in [0.15, 0.2) is 34.7 Å². The maximum absolute atomic E-state index is 13.0. The van der Waals surface area contributed by atoms with Gasteiger partial charge in [0.2, 0.25) is 0 Å². The third-order valence-corrected chi connectivity index (χ3v) is 3.03. The van der Waals surface area contributed by atoms with Gasteiger partial charge in [-0.05, 0) is 24.6 Å². The molecule has 0 aromatic heterocycles. The number of carbonyl (C=O) groups is 1. The molecule has 0 saturated carbocycles. The highest BCUT2D eigenvalue weighted by atomic mass is 32.2. The second-order valence-corrected chi connectivity index (χ2v) is 4.51. The number of thioether (sulfide) groups is 1. The molecule has 0 heterocycles. The van der Waals surface area contributed by atoms with Crippen molar-refractivity contribution in [1.29, 1.82) is 0 Å². The van der Waals surface area contributed by atoms with Crippen LogP contribution in [0.1, 0.15) is 13.3 Å². The van der Waals surface area contributed by atoms with Crippen LogP contribution in [0.3, 0.4) is 0 Å². The Bertz CT molecular complexity index is 426. The lowest BCUT2D eigenvalue weighted by atomic mass is 10.2. The molecule has 5 heteroatoms. The molecule has 3 nitrogen and oxygen atoms in total. The number of rotatable bonds is 5. The molecule has 0 aliphatic rings. The molecule has 0 fully saturated rings. The molecule has 1 aromatic carbocycles. The van der Waals surface area contributed by atoms with Gasteiger partial charge in [0.15, 0.2) is 0 Å². The summed E-state index contributed by atoms with van der Waals surface area (Å²) in [5, 5.41) is 8.80. The fraction of sp³-hybridized carbons (Fsp3) is 0.250. The van der Waals surface area contributed by atoms with Crippen molar-refractivity contribution in [1.82, 2.24) is 0 Å². The van der Waals surface area contributed by atoms with Crippen LogP contribution in [-0.2, 0) is 4.79 Å². The molecule has 1 aromatic rings. The normalized spacial score (nSPS) is 11.5. The number of carboxylic acids is 1. The van der Waals surface area contributed by atoms with Gasteiger partial charge in [-0.3, -0.25) is 0 Å². The van der Waals surface area contributed by atoms with E-state index < -0.39 is 5.97 Å². The largest absolute Gasteiger partial charge is 0.478 e. The molecular weight excluding hydrogens is 241 g/mol. The summed E-state index contributed by atoms with van der Waals surface area (Å²) >= 11 is 1.35. The van der Waals surface area contributed by atoms with Gasteiger partial charge in [0.1, 0.15) is 5.82 Å². The number of nitrogens with two attached hydrogens (primary N) is 1. The first-order valence-corrected chi connectivity index (χ1v) is 6.12. The van der Waals surface area contributed by atoms with Crippen molar-refractivity contribution in [3.05, 3.63) is 35.7 Å². The Balaban J connectivity index is 2.64. The molecule has 3 N–H and O–H groups in total. The summed E-state index contributed by atoms with van der Waals surface area (Å²) in [6.45, 7) is 1.78. The highest BCUT2D eigenvalue weighted by Crippen LogP contribution is 2.22. The van der Waals surface area contributed by atoms with Crippen molar-refractivity contribution in [2.45, 2.75) is 18.2 Å². The molecule has 0 atom stereocenters. The third kappa shape index (κ3) is 4.48. The van der Waals surface area contributed by atoms with E-state index in [1.54, 1.807) is 19.1 Å². The lowest BCUT2D eigenvalue weighted by Gasteiger charge is -2.02. The minimum absolute atomic E-state index is 0.363. The van der Waals surface area contributed by atoms with Gasteiger partial charge in [-0.1, -0.05) is 13.0 Å². The third-order valence-electron chi connectivity index (χ3n) is 2.13. The Kier molecular flexibility index (Phi) is 5.03. The number of hydrogen-bond donors (Lipinski definition) is 2.